The predicted molar refractivity (Wildman–Crippen MR) is 59.7 cm³/mol. The molecule has 0 radical (unpaired) electrons. The average Bonchev–Trinajstić information content (AvgIpc) is 3.01. The third-order valence-electron chi connectivity index (χ3n) is 3.07. The molecule has 2 aliphatic rings. The molecular weight excluding hydrogens is 190 g/mol. The second kappa shape index (κ2) is 5.47. The van der Waals surface area contributed by atoms with E-state index in [1.54, 1.807) is 0 Å². The van der Waals surface area contributed by atoms with Gasteiger partial charge in [0.1, 0.15) is 0 Å². The molecule has 15 heavy (non-hydrogen) atoms. The van der Waals surface area contributed by atoms with Crippen molar-refractivity contribution in [3.05, 3.63) is 0 Å². The molecule has 0 bridgehead atoms. The number of hydrogen-bond donors (Lipinski definition) is 3. The highest BCUT2D eigenvalue weighted by atomic mass is 16.2. The Morgan fingerprint density at radius 1 is 1.13 bits per heavy atom. The molecule has 1 unspecified atom stereocenters. The van der Waals surface area contributed by atoms with Crippen LogP contribution in [0.3, 0.4) is 0 Å². The van der Waals surface area contributed by atoms with E-state index in [4.69, 9.17) is 0 Å². The first-order valence-corrected chi connectivity index (χ1v) is 6.08. The molecule has 86 valence electrons. The third-order valence-corrected chi connectivity index (χ3v) is 3.07. The molecule has 2 fully saturated rings. The summed E-state index contributed by atoms with van der Waals surface area (Å²) in [4.78, 5) is 11.4. The van der Waals surface area contributed by atoms with Crippen molar-refractivity contribution >= 4 is 5.91 Å². The van der Waals surface area contributed by atoms with Gasteiger partial charge in [-0.05, 0) is 45.2 Å². The van der Waals surface area contributed by atoms with Gasteiger partial charge in [0.25, 0.3) is 0 Å². The molecule has 1 saturated carbocycles. The van der Waals surface area contributed by atoms with E-state index in [1.165, 1.54) is 25.7 Å². The number of carbonyl (C=O) groups excluding carboxylic acids is 1. The van der Waals surface area contributed by atoms with Gasteiger partial charge in [0.05, 0.1) is 6.54 Å². The Kier molecular flexibility index (Phi) is 3.97. The summed E-state index contributed by atoms with van der Waals surface area (Å²) in [5, 5.41) is 9.70. The fraction of sp³-hybridized carbons (Fsp3) is 0.909. The number of carbonyl (C=O) groups is 1. The van der Waals surface area contributed by atoms with Crippen LogP contribution in [0.4, 0.5) is 0 Å². The van der Waals surface area contributed by atoms with Crippen molar-refractivity contribution < 1.29 is 4.79 Å². The van der Waals surface area contributed by atoms with Crippen molar-refractivity contribution in [1.29, 1.82) is 0 Å². The normalized spacial score (nSPS) is 27.1. The molecule has 3 N–H and O–H groups in total. The summed E-state index contributed by atoms with van der Waals surface area (Å²) in [5.41, 5.74) is 0. The lowest BCUT2D eigenvalue weighted by molar-refractivity contribution is -0.120. The van der Waals surface area contributed by atoms with Crippen LogP contribution in [0.15, 0.2) is 0 Å². The summed E-state index contributed by atoms with van der Waals surface area (Å²) in [5.74, 6) is 0.162. The Balaban J connectivity index is 1.60. The maximum atomic E-state index is 11.4. The largest absolute Gasteiger partial charge is 0.352 e. The first kappa shape index (κ1) is 10.9. The molecule has 2 rings (SSSR count). The minimum absolute atomic E-state index is 0.162. The van der Waals surface area contributed by atoms with E-state index in [9.17, 15) is 4.79 Å². The van der Waals surface area contributed by atoms with Crippen molar-refractivity contribution in [2.45, 2.75) is 44.2 Å². The summed E-state index contributed by atoms with van der Waals surface area (Å²) < 4.78 is 0. The van der Waals surface area contributed by atoms with Gasteiger partial charge in [0.2, 0.25) is 5.91 Å². The highest BCUT2D eigenvalue weighted by Crippen LogP contribution is 2.18. The van der Waals surface area contributed by atoms with Crippen LogP contribution in [0.1, 0.15) is 32.1 Å². The average molecular weight is 211 g/mol. The van der Waals surface area contributed by atoms with Gasteiger partial charge < -0.3 is 16.0 Å². The Morgan fingerprint density at radius 2 is 2.00 bits per heavy atom. The lowest BCUT2D eigenvalue weighted by Crippen LogP contribution is -2.40. The van der Waals surface area contributed by atoms with Crippen LogP contribution in [0.5, 0.6) is 0 Å². The summed E-state index contributed by atoms with van der Waals surface area (Å²) in [6.07, 6.45) is 5.86. The van der Waals surface area contributed by atoms with E-state index in [0.29, 0.717) is 18.6 Å². The smallest absolute Gasteiger partial charge is 0.234 e. The highest BCUT2D eigenvalue weighted by Gasteiger charge is 2.23. The van der Waals surface area contributed by atoms with E-state index in [2.05, 4.69) is 16.0 Å². The molecule has 0 aromatic heterocycles. The van der Waals surface area contributed by atoms with Gasteiger partial charge in [-0.3, -0.25) is 4.79 Å². The summed E-state index contributed by atoms with van der Waals surface area (Å²) >= 11 is 0. The lowest BCUT2D eigenvalue weighted by Gasteiger charge is -2.15. The molecule has 1 aliphatic heterocycles. The number of amides is 1. The molecule has 4 heteroatoms. The predicted octanol–water partition coefficient (Wildman–Crippen LogP) is -0.00330. The molecule has 1 atom stereocenters. The number of hydrogen-bond acceptors (Lipinski definition) is 3. The Morgan fingerprint density at radius 3 is 2.80 bits per heavy atom. The first-order valence-electron chi connectivity index (χ1n) is 6.08. The molecule has 1 saturated heterocycles. The van der Waals surface area contributed by atoms with Gasteiger partial charge in [0.15, 0.2) is 0 Å². The third kappa shape index (κ3) is 4.18. The van der Waals surface area contributed by atoms with Gasteiger partial charge in [-0.25, -0.2) is 0 Å². The fourth-order valence-electron chi connectivity index (χ4n) is 1.97. The van der Waals surface area contributed by atoms with Gasteiger partial charge in [-0.15, -0.1) is 0 Å². The van der Waals surface area contributed by atoms with E-state index >= 15 is 0 Å². The number of rotatable bonds is 4. The molecule has 1 aliphatic carbocycles. The van der Waals surface area contributed by atoms with Crippen LogP contribution in [0.25, 0.3) is 0 Å². The van der Waals surface area contributed by atoms with E-state index in [0.717, 1.165) is 19.5 Å². The molecule has 0 spiro atoms. The van der Waals surface area contributed by atoms with Crippen molar-refractivity contribution in [1.82, 2.24) is 16.0 Å². The standard InChI is InChI=1S/C11H21N3O/c15-11(14-10-3-4-10)8-13-9-2-1-6-12-7-5-9/h9-10,12-13H,1-8H2,(H,14,15). The summed E-state index contributed by atoms with van der Waals surface area (Å²) in [6.45, 7) is 2.68. The van der Waals surface area contributed by atoms with Crippen molar-refractivity contribution in [3.63, 3.8) is 0 Å². The molecule has 0 aromatic rings. The second-order valence-corrected chi connectivity index (χ2v) is 4.60. The zero-order chi connectivity index (χ0) is 10.5. The van der Waals surface area contributed by atoms with Gasteiger partial charge in [0, 0.05) is 12.1 Å². The van der Waals surface area contributed by atoms with Gasteiger partial charge >= 0.3 is 0 Å². The minimum Gasteiger partial charge on any atom is -0.352 e. The monoisotopic (exact) mass is 211 g/mol. The van der Waals surface area contributed by atoms with Crippen LogP contribution in [-0.2, 0) is 4.79 Å². The highest BCUT2D eigenvalue weighted by molar-refractivity contribution is 5.78. The van der Waals surface area contributed by atoms with Crippen molar-refractivity contribution in [2.24, 2.45) is 0 Å². The van der Waals surface area contributed by atoms with Crippen LogP contribution in [0.2, 0.25) is 0 Å². The topological polar surface area (TPSA) is 53.2 Å². The minimum atomic E-state index is 0.162. The van der Waals surface area contributed by atoms with Crippen LogP contribution in [0, 0.1) is 0 Å². The van der Waals surface area contributed by atoms with E-state index < -0.39 is 0 Å². The quantitative estimate of drug-likeness (QED) is 0.613. The van der Waals surface area contributed by atoms with Crippen LogP contribution >= 0.6 is 0 Å². The van der Waals surface area contributed by atoms with E-state index in [1.807, 2.05) is 0 Å². The fourth-order valence-corrected chi connectivity index (χ4v) is 1.97. The molecule has 0 aromatic carbocycles. The van der Waals surface area contributed by atoms with Crippen LogP contribution in [-0.4, -0.2) is 37.6 Å². The van der Waals surface area contributed by atoms with Gasteiger partial charge in [-0.1, -0.05) is 0 Å². The lowest BCUT2D eigenvalue weighted by atomic mass is 10.1. The van der Waals surface area contributed by atoms with Crippen molar-refractivity contribution in [3.8, 4) is 0 Å². The Bertz CT molecular complexity index is 208. The van der Waals surface area contributed by atoms with E-state index in [-0.39, 0.29) is 5.91 Å². The molecule has 1 heterocycles. The zero-order valence-corrected chi connectivity index (χ0v) is 9.22. The first-order chi connectivity index (χ1) is 7.34. The number of nitrogens with one attached hydrogen (secondary N) is 3. The van der Waals surface area contributed by atoms with Crippen LogP contribution < -0.4 is 16.0 Å². The maximum Gasteiger partial charge on any atom is 0.234 e. The molecule has 4 nitrogen and oxygen atoms in total. The van der Waals surface area contributed by atoms with Crippen molar-refractivity contribution in [2.75, 3.05) is 19.6 Å². The SMILES string of the molecule is O=C(CNC1CCCNCC1)NC1CC1. The summed E-state index contributed by atoms with van der Waals surface area (Å²) in [7, 11) is 0. The zero-order valence-electron chi connectivity index (χ0n) is 9.22. The Labute approximate surface area is 91.2 Å². The molecule has 1 amide bonds. The maximum absolute atomic E-state index is 11.4. The summed E-state index contributed by atoms with van der Waals surface area (Å²) in [6, 6.07) is 1.00. The Hall–Kier alpha value is -0.610. The molecular formula is C11H21N3O. The van der Waals surface area contributed by atoms with Gasteiger partial charge in [-0.2, -0.15) is 0 Å². The second-order valence-electron chi connectivity index (χ2n) is 4.60.